The summed E-state index contributed by atoms with van der Waals surface area (Å²) in [4.78, 5) is 0. The van der Waals surface area contributed by atoms with E-state index in [0.29, 0.717) is 18.2 Å². The van der Waals surface area contributed by atoms with Crippen LogP contribution >= 0.6 is 11.6 Å². The quantitative estimate of drug-likeness (QED) is 0.694. The number of hydrogen-bond acceptors (Lipinski definition) is 4. The summed E-state index contributed by atoms with van der Waals surface area (Å²) in [5.41, 5.74) is 4.70. The molecule has 0 bridgehead atoms. The maximum atomic E-state index is 5.90. The van der Waals surface area contributed by atoms with Gasteiger partial charge in [-0.3, -0.25) is 5.43 Å². The van der Waals surface area contributed by atoms with Gasteiger partial charge < -0.3 is 9.47 Å². The molecule has 1 aliphatic rings. The number of hydrogen-bond donors (Lipinski definition) is 1. The van der Waals surface area contributed by atoms with Gasteiger partial charge in [-0.25, -0.2) is 0 Å². The largest absolute Gasteiger partial charge is 0.486 e. The molecule has 1 heterocycles. The second-order valence-corrected chi connectivity index (χ2v) is 4.72. The van der Waals surface area contributed by atoms with Gasteiger partial charge in [0.15, 0.2) is 11.5 Å². The van der Waals surface area contributed by atoms with E-state index in [-0.39, 0.29) is 0 Å². The molecule has 0 aliphatic carbocycles. The number of anilines is 1. The van der Waals surface area contributed by atoms with Crippen molar-refractivity contribution in [1.29, 1.82) is 0 Å². The van der Waals surface area contributed by atoms with E-state index < -0.39 is 0 Å². The van der Waals surface area contributed by atoms with Crippen LogP contribution in [0.2, 0.25) is 5.02 Å². The molecule has 0 aromatic heterocycles. The van der Waals surface area contributed by atoms with Gasteiger partial charge in [0.1, 0.15) is 13.2 Å². The minimum absolute atomic E-state index is 0.578. The van der Waals surface area contributed by atoms with E-state index in [4.69, 9.17) is 21.1 Å². The molecule has 0 radical (unpaired) electrons. The van der Waals surface area contributed by atoms with E-state index in [1.165, 1.54) is 0 Å². The van der Waals surface area contributed by atoms with Gasteiger partial charge in [0.2, 0.25) is 0 Å². The van der Waals surface area contributed by atoms with Crippen molar-refractivity contribution in [2.45, 2.75) is 0 Å². The van der Waals surface area contributed by atoms with Crippen molar-refractivity contribution in [3.63, 3.8) is 0 Å². The second kappa shape index (κ2) is 5.84. The number of rotatable bonds is 3. The summed E-state index contributed by atoms with van der Waals surface area (Å²) in [5, 5.41) is 4.84. The Morgan fingerprint density at radius 2 is 1.90 bits per heavy atom. The molecule has 1 aliphatic heterocycles. The Bertz CT molecular complexity index is 644. The van der Waals surface area contributed by atoms with E-state index in [1.807, 2.05) is 42.5 Å². The molecule has 1 N–H and O–H groups in total. The van der Waals surface area contributed by atoms with Crippen LogP contribution in [0.1, 0.15) is 5.56 Å². The van der Waals surface area contributed by atoms with Crippen molar-refractivity contribution in [3.8, 4) is 11.5 Å². The molecular weight excluding hydrogens is 276 g/mol. The van der Waals surface area contributed by atoms with E-state index in [0.717, 1.165) is 22.7 Å². The molecule has 0 unspecified atom stereocenters. The molecule has 4 nitrogen and oxygen atoms in total. The van der Waals surface area contributed by atoms with Crippen LogP contribution in [-0.2, 0) is 0 Å². The van der Waals surface area contributed by atoms with Crippen molar-refractivity contribution in [1.82, 2.24) is 0 Å². The number of nitrogens with zero attached hydrogens (tertiary/aromatic N) is 1. The molecule has 0 amide bonds. The van der Waals surface area contributed by atoms with Crippen LogP contribution in [0.4, 0.5) is 5.69 Å². The monoisotopic (exact) mass is 288 g/mol. The minimum Gasteiger partial charge on any atom is -0.486 e. The summed E-state index contributed by atoms with van der Waals surface area (Å²) in [6, 6.07) is 13.1. The molecule has 20 heavy (non-hydrogen) atoms. The zero-order chi connectivity index (χ0) is 13.8. The molecular formula is C15H13ClN2O2. The van der Waals surface area contributed by atoms with E-state index in [9.17, 15) is 0 Å². The maximum absolute atomic E-state index is 5.90. The number of ether oxygens (including phenoxy) is 2. The average molecular weight is 289 g/mol. The number of halogens is 1. The fraction of sp³-hybridized carbons (Fsp3) is 0.133. The van der Waals surface area contributed by atoms with Crippen molar-refractivity contribution in [3.05, 3.63) is 53.1 Å². The lowest BCUT2D eigenvalue weighted by Gasteiger charge is -2.18. The first-order valence-corrected chi connectivity index (χ1v) is 6.63. The van der Waals surface area contributed by atoms with Crippen molar-refractivity contribution >= 4 is 23.5 Å². The smallest absolute Gasteiger partial charge is 0.162 e. The van der Waals surface area contributed by atoms with Crippen LogP contribution in [0.3, 0.4) is 0 Å². The Hall–Kier alpha value is -2.20. The number of nitrogens with one attached hydrogen (secondary N) is 1. The first-order chi connectivity index (χ1) is 9.81. The zero-order valence-corrected chi connectivity index (χ0v) is 11.4. The Balaban J connectivity index is 1.69. The summed E-state index contributed by atoms with van der Waals surface area (Å²) in [6.07, 6.45) is 1.72. The van der Waals surface area contributed by atoms with Crippen LogP contribution in [0.5, 0.6) is 11.5 Å². The van der Waals surface area contributed by atoms with E-state index >= 15 is 0 Å². The van der Waals surface area contributed by atoms with Gasteiger partial charge in [0.05, 0.1) is 11.9 Å². The molecule has 2 aromatic carbocycles. The Kier molecular flexibility index (Phi) is 3.74. The highest BCUT2D eigenvalue weighted by atomic mass is 35.5. The fourth-order valence-electron chi connectivity index (χ4n) is 1.88. The van der Waals surface area contributed by atoms with Crippen LogP contribution in [0, 0.1) is 0 Å². The van der Waals surface area contributed by atoms with Crippen LogP contribution < -0.4 is 14.9 Å². The van der Waals surface area contributed by atoms with Gasteiger partial charge in [-0.05, 0) is 42.0 Å². The average Bonchev–Trinajstić information content (AvgIpc) is 2.47. The molecule has 0 spiro atoms. The highest BCUT2D eigenvalue weighted by molar-refractivity contribution is 6.30. The lowest BCUT2D eigenvalue weighted by atomic mass is 10.2. The van der Waals surface area contributed by atoms with Gasteiger partial charge in [0.25, 0.3) is 0 Å². The fourth-order valence-corrected chi connectivity index (χ4v) is 2.07. The van der Waals surface area contributed by atoms with Gasteiger partial charge >= 0.3 is 0 Å². The minimum atomic E-state index is 0.578. The highest BCUT2D eigenvalue weighted by Crippen LogP contribution is 2.30. The van der Waals surface area contributed by atoms with Crippen LogP contribution in [0.25, 0.3) is 0 Å². The first-order valence-electron chi connectivity index (χ1n) is 6.25. The van der Waals surface area contributed by atoms with Crippen LogP contribution in [-0.4, -0.2) is 19.4 Å². The summed E-state index contributed by atoms with van der Waals surface area (Å²) >= 11 is 5.90. The molecule has 0 fully saturated rings. The molecule has 0 saturated carbocycles. The normalized spacial score (nSPS) is 13.4. The summed E-state index contributed by atoms with van der Waals surface area (Å²) < 4.78 is 11.0. The summed E-state index contributed by atoms with van der Waals surface area (Å²) in [7, 11) is 0. The van der Waals surface area contributed by atoms with Gasteiger partial charge in [0, 0.05) is 5.02 Å². The first kappa shape index (κ1) is 12.8. The van der Waals surface area contributed by atoms with Gasteiger partial charge in [-0.1, -0.05) is 17.7 Å². The zero-order valence-electron chi connectivity index (χ0n) is 10.7. The summed E-state index contributed by atoms with van der Waals surface area (Å²) in [5.74, 6) is 1.53. The second-order valence-electron chi connectivity index (χ2n) is 4.28. The highest BCUT2D eigenvalue weighted by Gasteiger charge is 2.10. The molecule has 2 aromatic rings. The lowest BCUT2D eigenvalue weighted by Crippen LogP contribution is -2.15. The molecule has 0 atom stereocenters. The van der Waals surface area contributed by atoms with Crippen molar-refractivity contribution in [2.75, 3.05) is 18.6 Å². The summed E-state index contributed by atoms with van der Waals surface area (Å²) in [6.45, 7) is 1.17. The van der Waals surface area contributed by atoms with Gasteiger partial charge in [-0.15, -0.1) is 0 Å². The molecule has 3 rings (SSSR count). The van der Waals surface area contributed by atoms with E-state index in [1.54, 1.807) is 6.21 Å². The predicted molar refractivity (Wildman–Crippen MR) is 80.1 cm³/mol. The maximum Gasteiger partial charge on any atom is 0.162 e. The van der Waals surface area contributed by atoms with Crippen molar-refractivity contribution < 1.29 is 9.47 Å². The standard InChI is InChI=1S/C15H13ClN2O2/c16-12-2-1-3-13(9-12)18-17-10-11-4-5-14-15(8-11)20-7-6-19-14/h1-5,8-10,18H,6-7H2/b17-10-. The number of fused-ring (bicyclic) bond motifs is 1. The third-order valence-electron chi connectivity index (χ3n) is 2.80. The Morgan fingerprint density at radius 1 is 1.05 bits per heavy atom. The SMILES string of the molecule is Clc1cccc(N/N=C\c2ccc3c(c2)OCCO3)c1. The Morgan fingerprint density at radius 3 is 2.75 bits per heavy atom. The molecule has 5 heteroatoms. The molecule has 102 valence electrons. The predicted octanol–water partition coefficient (Wildman–Crippen LogP) is 3.56. The third kappa shape index (κ3) is 3.03. The number of hydrazone groups is 1. The molecule has 0 saturated heterocycles. The third-order valence-corrected chi connectivity index (χ3v) is 3.03. The Labute approximate surface area is 122 Å². The topological polar surface area (TPSA) is 42.9 Å². The van der Waals surface area contributed by atoms with Crippen molar-refractivity contribution in [2.24, 2.45) is 5.10 Å². The van der Waals surface area contributed by atoms with E-state index in [2.05, 4.69) is 10.5 Å². The van der Waals surface area contributed by atoms with Crippen LogP contribution in [0.15, 0.2) is 47.6 Å². The van der Waals surface area contributed by atoms with Gasteiger partial charge in [-0.2, -0.15) is 5.10 Å². The lowest BCUT2D eigenvalue weighted by molar-refractivity contribution is 0.171. The number of benzene rings is 2.